The lowest BCUT2D eigenvalue weighted by molar-refractivity contribution is -0.155. The molecule has 0 atom stereocenters. The fraction of sp³-hybridized carbons (Fsp3) is 0.929. The van der Waals surface area contributed by atoms with Crippen molar-refractivity contribution in [3.05, 3.63) is 0 Å². The van der Waals surface area contributed by atoms with Crippen LogP contribution in [0.15, 0.2) is 0 Å². The van der Waals surface area contributed by atoms with Gasteiger partial charge in [-0.25, -0.2) is 0 Å². The van der Waals surface area contributed by atoms with Crippen LogP contribution in [-0.4, -0.2) is 37.1 Å². The van der Waals surface area contributed by atoms with Gasteiger partial charge in [-0.3, -0.25) is 4.79 Å². The Kier molecular flexibility index (Phi) is 2.69. The topological polar surface area (TPSA) is 29.5 Å². The summed E-state index contributed by atoms with van der Waals surface area (Å²) in [5.74, 6) is 0.433. The van der Waals surface area contributed by atoms with Crippen LogP contribution in [0.3, 0.4) is 0 Å². The molecule has 3 saturated carbocycles. The monoisotopic (exact) mass is 237 g/mol. The molecule has 4 aliphatic rings. The number of carbonyl (C=O) groups excluding carboxylic acids is 1. The minimum Gasteiger partial charge on any atom is -0.378 e. The maximum atomic E-state index is 12.7. The summed E-state index contributed by atoms with van der Waals surface area (Å²) in [4.78, 5) is 14.8. The Balaban J connectivity index is 1.73. The van der Waals surface area contributed by atoms with Crippen molar-refractivity contribution in [2.75, 3.05) is 26.3 Å². The first-order valence-electron chi connectivity index (χ1n) is 7.01. The fourth-order valence-corrected chi connectivity index (χ4v) is 3.80. The molecule has 0 spiro atoms. The van der Waals surface area contributed by atoms with Crippen molar-refractivity contribution in [2.45, 2.75) is 45.4 Å². The first-order valence-corrected chi connectivity index (χ1v) is 7.01. The van der Waals surface area contributed by atoms with Crippen LogP contribution in [0.2, 0.25) is 0 Å². The van der Waals surface area contributed by atoms with Gasteiger partial charge in [0.25, 0.3) is 0 Å². The second kappa shape index (κ2) is 3.98. The van der Waals surface area contributed by atoms with Crippen molar-refractivity contribution < 1.29 is 9.53 Å². The molecular formula is C14H23NO2. The molecule has 4 rings (SSSR count). The lowest BCUT2D eigenvalue weighted by Crippen LogP contribution is -2.53. The fourth-order valence-electron chi connectivity index (χ4n) is 3.80. The molecule has 3 heteroatoms. The molecule has 3 aliphatic carbocycles. The van der Waals surface area contributed by atoms with Crippen molar-refractivity contribution in [1.29, 1.82) is 0 Å². The van der Waals surface area contributed by atoms with Crippen LogP contribution >= 0.6 is 0 Å². The highest BCUT2D eigenvalue weighted by Crippen LogP contribution is 2.57. The summed E-state index contributed by atoms with van der Waals surface area (Å²) in [7, 11) is 0. The molecule has 17 heavy (non-hydrogen) atoms. The minimum absolute atomic E-state index is 0.00903. The number of hydrogen-bond donors (Lipinski definition) is 0. The van der Waals surface area contributed by atoms with Gasteiger partial charge in [0.15, 0.2) is 0 Å². The van der Waals surface area contributed by atoms with Crippen LogP contribution in [0.1, 0.15) is 45.4 Å². The van der Waals surface area contributed by atoms with Crippen molar-refractivity contribution in [1.82, 2.24) is 4.90 Å². The predicted octanol–water partition coefficient (Wildman–Crippen LogP) is 2.21. The van der Waals surface area contributed by atoms with Crippen LogP contribution in [0, 0.1) is 10.8 Å². The molecular weight excluding hydrogens is 214 g/mol. The van der Waals surface area contributed by atoms with E-state index in [1.165, 1.54) is 19.3 Å². The molecule has 1 heterocycles. The first-order chi connectivity index (χ1) is 8.14. The van der Waals surface area contributed by atoms with Gasteiger partial charge < -0.3 is 9.64 Å². The molecule has 0 unspecified atom stereocenters. The molecule has 0 aromatic heterocycles. The number of rotatable bonds is 1. The number of hydrogen-bond acceptors (Lipinski definition) is 2. The van der Waals surface area contributed by atoms with Gasteiger partial charge in [0.1, 0.15) is 0 Å². The van der Waals surface area contributed by atoms with Gasteiger partial charge in [0.05, 0.1) is 13.2 Å². The molecule has 3 nitrogen and oxygen atoms in total. The average Bonchev–Trinajstić information content (AvgIpc) is 2.40. The van der Waals surface area contributed by atoms with E-state index in [0.29, 0.717) is 11.3 Å². The van der Waals surface area contributed by atoms with Crippen molar-refractivity contribution >= 4 is 5.91 Å². The van der Waals surface area contributed by atoms with Crippen LogP contribution in [0.4, 0.5) is 0 Å². The lowest BCUT2D eigenvalue weighted by Gasteiger charge is -2.52. The quantitative estimate of drug-likeness (QED) is 0.699. The average molecular weight is 237 g/mol. The van der Waals surface area contributed by atoms with E-state index in [-0.39, 0.29) is 5.41 Å². The summed E-state index contributed by atoms with van der Waals surface area (Å²) < 4.78 is 5.34. The molecule has 0 radical (unpaired) electrons. The van der Waals surface area contributed by atoms with Gasteiger partial charge in [-0.2, -0.15) is 0 Å². The maximum Gasteiger partial charge on any atom is 0.228 e. The number of morpholine rings is 1. The Morgan fingerprint density at radius 3 is 2.06 bits per heavy atom. The number of fused-ring (bicyclic) bond motifs is 3. The Bertz CT molecular complexity index is 296. The zero-order valence-electron chi connectivity index (χ0n) is 10.8. The third-order valence-corrected chi connectivity index (χ3v) is 5.37. The molecule has 2 bridgehead atoms. The normalized spacial score (nSPS) is 41.6. The predicted molar refractivity (Wildman–Crippen MR) is 65.6 cm³/mol. The second-order valence-corrected chi connectivity index (χ2v) is 6.50. The van der Waals surface area contributed by atoms with E-state index in [1.54, 1.807) is 0 Å². The standard InChI is InChI=1S/C14H23NO2/c1-13-2-5-14(6-3-13,7-4-13)12(16)15-8-10-17-11-9-15/h2-11H2,1H3. The second-order valence-electron chi connectivity index (χ2n) is 6.50. The van der Waals surface area contributed by atoms with E-state index in [2.05, 4.69) is 11.8 Å². The molecule has 0 N–H and O–H groups in total. The molecule has 1 aliphatic heterocycles. The Morgan fingerprint density at radius 1 is 1.00 bits per heavy atom. The highest BCUT2D eigenvalue weighted by Gasteiger charge is 2.51. The smallest absolute Gasteiger partial charge is 0.228 e. The summed E-state index contributed by atoms with van der Waals surface area (Å²) in [6, 6.07) is 0. The summed E-state index contributed by atoms with van der Waals surface area (Å²) >= 11 is 0. The highest BCUT2D eigenvalue weighted by atomic mass is 16.5. The largest absolute Gasteiger partial charge is 0.378 e. The van der Waals surface area contributed by atoms with E-state index in [0.717, 1.165) is 45.6 Å². The van der Waals surface area contributed by atoms with Gasteiger partial charge in [0.2, 0.25) is 5.91 Å². The molecule has 0 aromatic carbocycles. The van der Waals surface area contributed by atoms with E-state index in [1.807, 2.05) is 0 Å². The molecule has 1 saturated heterocycles. The van der Waals surface area contributed by atoms with Crippen LogP contribution < -0.4 is 0 Å². The third kappa shape index (κ3) is 1.88. The van der Waals surface area contributed by atoms with Crippen LogP contribution in [-0.2, 0) is 9.53 Å². The number of amides is 1. The Hall–Kier alpha value is -0.570. The highest BCUT2D eigenvalue weighted by molar-refractivity contribution is 5.83. The van der Waals surface area contributed by atoms with E-state index < -0.39 is 0 Å². The third-order valence-electron chi connectivity index (χ3n) is 5.37. The summed E-state index contributed by atoms with van der Waals surface area (Å²) in [5, 5.41) is 0. The van der Waals surface area contributed by atoms with E-state index in [9.17, 15) is 4.79 Å². The molecule has 1 amide bonds. The number of carbonyl (C=O) groups is 1. The number of ether oxygens (including phenoxy) is 1. The zero-order valence-corrected chi connectivity index (χ0v) is 10.8. The lowest BCUT2D eigenvalue weighted by atomic mass is 9.54. The van der Waals surface area contributed by atoms with Crippen LogP contribution in [0.25, 0.3) is 0 Å². The maximum absolute atomic E-state index is 12.7. The SMILES string of the molecule is CC12CCC(C(=O)N3CCOCC3)(CC1)CC2. The van der Waals surface area contributed by atoms with E-state index >= 15 is 0 Å². The van der Waals surface area contributed by atoms with Crippen molar-refractivity contribution in [2.24, 2.45) is 10.8 Å². The van der Waals surface area contributed by atoms with Gasteiger partial charge in [-0.1, -0.05) is 6.92 Å². The van der Waals surface area contributed by atoms with Gasteiger partial charge in [-0.15, -0.1) is 0 Å². The molecule has 4 fully saturated rings. The Morgan fingerprint density at radius 2 is 1.53 bits per heavy atom. The summed E-state index contributed by atoms with van der Waals surface area (Å²) in [5.41, 5.74) is 0.558. The summed E-state index contributed by atoms with van der Waals surface area (Å²) in [6.45, 7) is 5.45. The van der Waals surface area contributed by atoms with Gasteiger partial charge in [0, 0.05) is 18.5 Å². The zero-order chi connectivity index (χ0) is 11.9. The van der Waals surface area contributed by atoms with Gasteiger partial charge in [-0.05, 0) is 43.9 Å². The minimum atomic E-state index is 0.00903. The Labute approximate surface area is 104 Å². The van der Waals surface area contributed by atoms with Gasteiger partial charge >= 0.3 is 0 Å². The molecule has 0 aromatic rings. The molecule has 96 valence electrons. The van der Waals surface area contributed by atoms with E-state index in [4.69, 9.17) is 4.74 Å². The van der Waals surface area contributed by atoms with Crippen molar-refractivity contribution in [3.8, 4) is 0 Å². The van der Waals surface area contributed by atoms with Crippen LogP contribution in [0.5, 0.6) is 0 Å². The number of nitrogens with zero attached hydrogens (tertiary/aromatic N) is 1. The summed E-state index contributed by atoms with van der Waals surface area (Å²) in [6.07, 6.45) is 7.13. The van der Waals surface area contributed by atoms with Crippen molar-refractivity contribution in [3.63, 3.8) is 0 Å². The first kappa shape index (κ1) is 11.5.